The van der Waals surface area contributed by atoms with Gasteiger partial charge in [0.2, 0.25) is 0 Å². The van der Waals surface area contributed by atoms with Crippen LogP contribution in [0.2, 0.25) is 0 Å². The molecule has 0 aliphatic carbocycles. The van der Waals surface area contributed by atoms with Crippen molar-refractivity contribution in [3.8, 4) is 0 Å². The van der Waals surface area contributed by atoms with Crippen molar-refractivity contribution in [1.82, 2.24) is 4.98 Å². The topological polar surface area (TPSA) is 12.9 Å². The molecular formula is C9H8NS. The van der Waals surface area contributed by atoms with E-state index in [1.165, 1.54) is 4.70 Å². The predicted molar refractivity (Wildman–Crippen MR) is 47.9 cm³/mol. The fourth-order valence-electron chi connectivity index (χ4n) is 1.14. The quantitative estimate of drug-likeness (QED) is 0.580. The monoisotopic (exact) mass is 162 g/mol. The van der Waals surface area contributed by atoms with Gasteiger partial charge < -0.3 is 0 Å². The van der Waals surface area contributed by atoms with Crippen molar-refractivity contribution in [2.45, 2.75) is 13.8 Å². The molecule has 0 spiro atoms. The molecule has 0 unspecified atom stereocenters. The summed E-state index contributed by atoms with van der Waals surface area (Å²) in [6.07, 6.45) is 0. The second-order valence-electron chi connectivity index (χ2n) is 2.55. The van der Waals surface area contributed by atoms with E-state index >= 15 is 0 Å². The average Bonchev–Trinajstić information content (AvgIpc) is 2.31. The summed E-state index contributed by atoms with van der Waals surface area (Å²) < 4.78 is 1.26. The van der Waals surface area contributed by atoms with Crippen molar-refractivity contribution in [3.05, 3.63) is 28.8 Å². The fourth-order valence-corrected chi connectivity index (χ4v) is 2.02. The third kappa shape index (κ3) is 1.03. The Balaban J connectivity index is 2.90. The first-order valence-electron chi connectivity index (χ1n) is 3.52. The second-order valence-corrected chi connectivity index (χ2v) is 3.78. The molecule has 1 nitrogen and oxygen atoms in total. The van der Waals surface area contributed by atoms with Gasteiger partial charge in [-0.15, -0.1) is 11.3 Å². The zero-order valence-electron chi connectivity index (χ0n) is 6.51. The molecule has 1 aromatic carbocycles. The van der Waals surface area contributed by atoms with Crippen molar-refractivity contribution in [2.24, 2.45) is 0 Å². The number of aryl methyl sites for hydroxylation is 2. The normalized spacial score (nSPS) is 10.7. The van der Waals surface area contributed by atoms with Gasteiger partial charge in [0.15, 0.2) is 0 Å². The van der Waals surface area contributed by atoms with E-state index in [9.17, 15) is 0 Å². The number of thiazole rings is 1. The SMILES string of the molecule is Cc1nc2c(C)[c]ccc2s1. The van der Waals surface area contributed by atoms with Gasteiger partial charge in [0.25, 0.3) is 0 Å². The summed E-state index contributed by atoms with van der Waals surface area (Å²) in [4.78, 5) is 4.40. The third-order valence-electron chi connectivity index (χ3n) is 1.65. The Bertz CT molecular complexity index is 389. The van der Waals surface area contributed by atoms with Crippen molar-refractivity contribution < 1.29 is 0 Å². The van der Waals surface area contributed by atoms with Crippen LogP contribution in [-0.2, 0) is 0 Å². The summed E-state index contributed by atoms with van der Waals surface area (Å²) in [6, 6.07) is 7.15. The molecule has 1 aromatic heterocycles. The van der Waals surface area contributed by atoms with Gasteiger partial charge in [-0.3, -0.25) is 0 Å². The predicted octanol–water partition coefficient (Wildman–Crippen LogP) is 2.71. The first-order chi connectivity index (χ1) is 5.27. The van der Waals surface area contributed by atoms with Crippen LogP contribution in [0.15, 0.2) is 12.1 Å². The van der Waals surface area contributed by atoms with E-state index in [4.69, 9.17) is 0 Å². The van der Waals surface area contributed by atoms with Crippen LogP contribution in [0.5, 0.6) is 0 Å². The van der Waals surface area contributed by atoms with E-state index in [1.54, 1.807) is 11.3 Å². The Morgan fingerprint density at radius 3 is 3.00 bits per heavy atom. The molecule has 0 aliphatic heterocycles. The number of benzene rings is 1. The minimum atomic E-state index is 1.11. The zero-order valence-corrected chi connectivity index (χ0v) is 7.33. The number of fused-ring (bicyclic) bond motifs is 1. The molecule has 0 N–H and O–H groups in total. The molecule has 1 radical (unpaired) electrons. The molecule has 2 aromatic rings. The fraction of sp³-hybridized carbons (Fsp3) is 0.222. The summed E-state index contributed by atoms with van der Waals surface area (Å²) in [5.41, 5.74) is 2.25. The highest BCUT2D eigenvalue weighted by Gasteiger charge is 2.00. The van der Waals surface area contributed by atoms with Gasteiger partial charge in [-0.25, -0.2) is 4.98 Å². The molecule has 0 atom stereocenters. The van der Waals surface area contributed by atoms with Gasteiger partial charge in [-0.05, 0) is 31.5 Å². The minimum absolute atomic E-state index is 1.11. The Morgan fingerprint density at radius 1 is 1.45 bits per heavy atom. The largest absolute Gasteiger partial charge is 0.241 e. The molecule has 0 bridgehead atoms. The van der Waals surface area contributed by atoms with Crippen LogP contribution in [0.4, 0.5) is 0 Å². The molecule has 11 heavy (non-hydrogen) atoms. The number of aromatic nitrogens is 1. The van der Waals surface area contributed by atoms with Gasteiger partial charge in [-0.2, -0.15) is 0 Å². The summed E-state index contributed by atoms with van der Waals surface area (Å²) in [7, 11) is 0. The molecule has 0 amide bonds. The Kier molecular flexibility index (Phi) is 1.43. The highest BCUT2D eigenvalue weighted by atomic mass is 32.1. The lowest BCUT2D eigenvalue weighted by Crippen LogP contribution is -1.74. The van der Waals surface area contributed by atoms with Crippen LogP contribution in [0.25, 0.3) is 10.2 Å². The summed E-state index contributed by atoms with van der Waals surface area (Å²) in [5, 5.41) is 1.13. The van der Waals surface area contributed by atoms with E-state index in [0.29, 0.717) is 0 Å². The van der Waals surface area contributed by atoms with Gasteiger partial charge in [0, 0.05) is 0 Å². The van der Waals surface area contributed by atoms with E-state index in [0.717, 1.165) is 16.1 Å². The van der Waals surface area contributed by atoms with Crippen LogP contribution < -0.4 is 0 Å². The molecule has 0 fully saturated rings. The van der Waals surface area contributed by atoms with Crippen LogP contribution in [-0.4, -0.2) is 4.98 Å². The maximum Gasteiger partial charge on any atom is 0.0907 e. The molecule has 2 rings (SSSR count). The molecule has 55 valence electrons. The standard InChI is InChI=1S/C9H8NS/c1-6-4-3-5-8-9(6)10-7(2)11-8/h3,5H,1-2H3. The molecule has 2 heteroatoms. The molecule has 0 aliphatic rings. The lowest BCUT2D eigenvalue weighted by atomic mass is 10.2. The third-order valence-corrected chi connectivity index (χ3v) is 2.59. The second kappa shape index (κ2) is 2.31. The first kappa shape index (κ1) is 6.80. The number of nitrogens with zero attached hydrogens (tertiary/aromatic N) is 1. The Hall–Kier alpha value is -0.890. The number of hydrogen-bond donors (Lipinski definition) is 0. The van der Waals surface area contributed by atoms with E-state index in [1.807, 2.05) is 19.9 Å². The van der Waals surface area contributed by atoms with Crippen molar-refractivity contribution in [1.29, 1.82) is 0 Å². The maximum atomic E-state index is 4.40. The van der Waals surface area contributed by atoms with Gasteiger partial charge in [0.1, 0.15) is 0 Å². The lowest BCUT2D eigenvalue weighted by Gasteiger charge is -1.89. The Morgan fingerprint density at radius 2 is 2.27 bits per heavy atom. The summed E-state index contributed by atoms with van der Waals surface area (Å²) in [5.74, 6) is 0. The van der Waals surface area contributed by atoms with Gasteiger partial charge in [0.05, 0.1) is 15.2 Å². The van der Waals surface area contributed by atoms with Crippen molar-refractivity contribution >= 4 is 21.6 Å². The highest BCUT2D eigenvalue weighted by Crippen LogP contribution is 2.23. The molecule has 0 saturated carbocycles. The van der Waals surface area contributed by atoms with Crippen LogP contribution in [0.1, 0.15) is 10.6 Å². The minimum Gasteiger partial charge on any atom is -0.241 e. The smallest absolute Gasteiger partial charge is 0.0907 e. The van der Waals surface area contributed by atoms with Gasteiger partial charge >= 0.3 is 0 Å². The average molecular weight is 162 g/mol. The highest BCUT2D eigenvalue weighted by molar-refractivity contribution is 7.18. The molecule has 1 heterocycles. The van der Waals surface area contributed by atoms with E-state index in [-0.39, 0.29) is 0 Å². The first-order valence-corrected chi connectivity index (χ1v) is 4.33. The number of rotatable bonds is 0. The van der Waals surface area contributed by atoms with Crippen LogP contribution >= 0.6 is 11.3 Å². The van der Waals surface area contributed by atoms with E-state index in [2.05, 4.69) is 17.1 Å². The van der Waals surface area contributed by atoms with Crippen molar-refractivity contribution in [3.63, 3.8) is 0 Å². The Labute approximate surface area is 69.7 Å². The van der Waals surface area contributed by atoms with E-state index < -0.39 is 0 Å². The molecular weight excluding hydrogens is 154 g/mol. The maximum absolute atomic E-state index is 4.40. The van der Waals surface area contributed by atoms with Crippen LogP contribution in [0, 0.1) is 19.9 Å². The van der Waals surface area contributed by atoms with Crippen LogP contribution in [0.3, 0.4) is 0 Å². The lowest BCUT2D eigenvalue weighted by molar-refractivity contribution is 1.32. The van der Waals surface area contributed by atoms with Gasteiger partial charge in [-0.1, -0.05) is 6.07 Å². The summed E-state index contributed by atoms with van der Waals surface area (Å²) in [6.45, 7) is 4.07. The molecule has 0 saturated heterocycles. The summed E-state index contributed by atoms with van der Waals surface area (Å²) >= 11 is 1.74. The van der Waals surface area contributed by atoms with Crippen molar-refractivity contribution in [2.75, 3.05) is 0 Å². The zero-order chi connectivity index (χ0) is 7.84. The number of hydrogen-bond acceptors (Lipinski definition) is 2.